The summed E-state index contributed by atoms with van der Waals surface area (Å²) >= 11 is 0. The zero-order valence-electron chi connectivity index (χ0n) is 14.0. The van der Waals surface area contributed by atoms with Crippen molar-refractivity contribution in [2.75, 3.05) is 0 Å². The van der Waals surface area contributed by atoms with Crippen LogP contribution < -0.4 is 0 Å². The smallest absolute Gasteiger partial charge is 0.356 e. The normalized spacial score (nSPS) is 17.4. The van der Waals surface area contributed by atoms with Gasteiger partial charge in [0.1, 0.15) is 0 Å². The predicted octanol–water partition coefficient (Wildman–Crippen LogP) is 2.25. The van der Waals surface area contributed by atoms with Gasteiger partial charge in [-0.1, -0.05) is 55.5 Å². The van der Waals surface area contributed by atoms with Crippen molar-refractivity contribution < 1.29 is 24.3 Å². The first-order chi connectivity index (χ1) is 12.0. The Bertz CT molecular complexity index is 664. The van der Waals surface area contributed by atoms with E-state index in [4.69, 9.17) is 4.84 Å². The number of carbonyl (C=O) groups is 3. The predicted molar refractivity (Wildman–Crippen MR) is 91.6 cm³/mol. The Morgan fingerprint density at radius 2 is 1.88 bits per heavy atom. The van der Waals surface area contributed by atoms with Crippen molar-refractivity contribution in [3.63, 3.8) is 0 Å². The van der Waals surface area contributed by atoms with E-state index < -0.39 is 23.9 Å². The second-order valence-electron chi connectivity index (χ2n) is 5.83. The first-order valence-electron chi connectivity index (χ1n) is 8.13. The third-order valence-corrected chi connectivity index (χ3v) is 3.82. The molecule has 1 fully saturated rings. The fourth-order valence-corrected chi connectivity index (χ4v) is 2.25. The van der Waals surface area contributed by atoms with Gasteiger partial charge in [0.25, 0.3) is 11.8 Å². The molecule has 1 aromatic rings. The molecule has 1 N–H and O–H groups in total. The lowest BCUT2D eigenvalue weighted by molar-refractivity contribution is -0.193. The maximum atomic E-state index is 11.6. The molecular weight excluding hydrogens is 322 g/mol. The molecule has 2 rings (SSSR count). The molecule has 0 aromatic heterocycles. The van der Waals surface area contributed by atoms with Crippen molar-refractivity contribution >= 4 is 23.9 Å². The molecule has 1 aliphatic rings. The Labute approximate surface area is 146 Å². The molecule has 1 heterocycles. The molecule has 0 aliphatic carbocycles. The number of nitrogens with zero attached hydrogens (tertiary/aromatic N) is 1. The number of imide groups is 1. The average Bonchev–Trinajstić information content (AvgIpc) is 2.92. The Hall–Kier alpha value is -2.73. The first kappa shape index (κ1) is 18.6. The maximum Gasteiger partial charge on any atom is 0.356 e. The van der Waals surface area contributed by atoms with Crippen LogP contribution in [0.2, 0.25) is 0 Å². The number of benzene rings is 1. The molecule has 0 spiro atoms. The number of hydrogen-bond acceptors (Lipinski definition) is 5. The van der Waals surface area contributed by atoms with Gasteiger partial charge in [0.2, 0.25) is 0 Å². The van der Waals surface area contributed by atoms with Crippen molar-refractivity contribution in [1.29, 1.82) is 0 Å². The number of aliphatic hydroxyl groups is 1. The third-order valence-electron chi connectivity index (χ3n) is 3.82. The first-order valence-corrected chi connectivity index (χ1v) is 8.13. The van der Waals surface area contributed by atoms with Crippen LogP contribution in [0.1, 0.15) is 31.7 Å². The van der Waals surface area contributed by atoms with Gasteiger partial charge < -0.3 is 9.94 Å². The molecule has 6 nitrogen and oxygen atoms in total. The summed E-state index contributed by atoms with van der Waals surface area (Å²) in [5, 5.41) is 10.6. The lowest BCUT2D eigenvalue weighted by atomic mass is 10.00. The second-order valence-corrected chi connectivity index (χ2v) is 5.83. The van der Waals surface area contributed by atoms with Gasteiger partial charge in [0, 0.05) is 24.8 Å². The standard InChI is InChI=1S/C19H21NO5/c1-14(10-11-15-6-3-2-4-7-15)16(21)8-5-9-19(24)25-20-17(22)12-13-18(20)23/h2-7,9-11,14,16,21H,8,12-13H2,1H3/b9-5+,11-10+. The minimum Gasteiger partial charge on any atom is -0.392 e. The van der Waals surface area contributed by atoms with Crippen molar-refractivity contribution in [1.82, 2.24) is 5.06 Å². The van der Waals surface area contributed by atoms with Crippen molar-refractivity contribution in [3.05, 3.63) is 54.1 Å². The van der Waals surface area contributed by atoms with Crippen LogP contribution in [0.15, 0.2) is 48.6 Å². The largest absolute Gasteiger partial charge is 0.392 e. The van der Waals surface area contributed by atoms with Crippen LogP contribution >= 0.6 is 0 Å². The molecule has 0 radical (unpaired) electrons. The van der Waals surface area contributed by atoms with Gasteiger partial charge in [-0.25, -0.2) is 4.79 Å². The van der Waals surface area contributed by atoms with E-state index in [2.05, 4.69) is 0 Å². The zero-order chi connectivity index (χ0) is 18.2. The molecule has 2 unspecified atom stereocenters. The fraction of sp³-hybridized carbons (Fsp3) is 0.316. The lowest BCUT2D eigenvalue weighted by Gasteiger charge is -2.13. The molecule has 132 valence electrons. The van der Waals surface area contributed by atoms with Crippen LogP contribution in [-0.2, 0) is 19.2 Å². The SMILES string of the molecule is CC(/C=C/c1ccccc1)C(O)C/C=C/C(=O)ON1C(=O)CCC1=O. The summed E-state index contributed by atoms with van der Waals surface area (Å²) in [6, 6.07) is 9.73. The lowest BCUT2D eigenvalue weighted by Crippen LogP contribution is -2.31. The van der Waals surface area contributed by atoms with E-state index in [0.29, 0.717) is 5.06 Å². The van der Waals surface area contributed by atoms with Gasteiger partial charge in [0.05, 0.1) is 6.10 Å². The molecule has 1 aliphatic heterocycles. The van der Waals surface area contributed by atoms with E-state index in [9.17, 15) is 19.5 Å². The number of hydroxylamine groups is 2. The summed E-state index contributed by atoms with van der Waals surface area (Å²) in [6.45, 7) is 1.87. The highest BCUT2D eigenvalue weighted by atomic mass is 16.7. The highest BCUT2D eigenvalue weighted by Crippen LogP contribution is 2.14. The Morgan fingerprint density at radius 3 is 2.52 bits per heavy atom. The van der Waals surface area contributed by atoms with Crippen LogP contribution in [0.25, 0.3) is 6.08 Å². The molecule has 1 saturated heterocycles. The number of rotatable bonds is 7. The summed E-state index contributed by atoms with van der Waals surface area (Å²) in [7, 11) is 0. The summed E-state index contributed by atoms with van der Waals surface area (Å²) in [5.74, 6) is -1.97. The fourth-order valence-electron chi connectivity index (χ4n) is 2.25. The van der Waals surface area contributed by atoms with E-state index in [1.54, 1.807) is 0 Å². The molecule has 2 amide bonds. The molecule has 1 aromatic carbocycles. The topological polar surface area (TPSA) is 83.9 Å². The summed E-state index contributed by atoms with van der Waals surface area (Å²) in [5.41, 5.74) is 1.04. The minimum atomic E-state index is -0.816. The van der Waals surface area contributed by atoms with Crippen LogP contribution in [-0.4, -0.2) is 34.1 Å². The Balaban J connectivity index is 1.78. The summed E-state index contributed by atoms with van der Waals surface area (Å²) in [6.07, 6.45) is 6.08. The van der Waals surface area contributed by atoms with Gasteiger partial charge in [-0.05, 0) is 12.0 Å². The van der Waals surface area contributed by atoms with Crippen LogP contribution in [0.3, 0.4) is 0 Å². The molecule has 25 heavy (non-hydrogen) atoms. The average molecular weight is 343 g/mol. The highest BCUT2D eigenvalue weighted by Gasteiger charge is 2.32. The third kappa shape index (κ3) is 5.69. The molecule has 6 heteroatoms. The van der Waals surface area contributed by atoms with E-state index >= 15 is 0 Å². The van der Waals surface area contributed by atoms with Gasteiger partial charge >= 0.3 is 5.97 Å². The number of aliphatic hydroxyl groups excluding tert-OH is 1. The molecule has 2 atom stereocenters. The van der Waals surface area contributed by atoms with Gasteiger partial charge in [-0.15, -0.1) is 5.06 Å². The van der Waals surface area contributed by atoms with Crippen molar-refractivity contribution in [3.8, 4) is 0 Å². The van der Waals surface area contributed by atoms with Crippen molar-refractivity contribution in [2.45, 2.75) is 32.3 Å². The number of carbonyl (C=O) groups excluding carboxylic acids is 3. The molecule has 0 bridgehead atoms. The quantitative estimate of drug-likeness (QED) is 0.606. The zero-order valence-corrected chi connectivity index (χ0v) is 14.0. The van der Waals surface area contributed by atoms with Gasteiger partial charge in [-0.3, -0.25) is 9.59 Å². The summed E-state index contributed by atoms with van der Waals surface area (Å²) < 4.78 is 0. The minimum absolute atomic E-state index is 0.0554. The molecule has 0 saturated carbocycles. The van der Waals surface area contributed by atoms with Crippen LogP contribution in [0, 0.1) is 5.92 Å². The highest BCUT2D eigenvalue weighted by molar-refractivity contribution is 6.02. The van der Waals surface area contributed by atoms with Gasteiger partial charge in [-0.2, -0.15) is 0 Å². The van der Waals surface area contributed by atoms with E-state index in [0.717, 1.165) is 11.6 Å². The number of hydrogen-bond donors (Lipinski definition) is 1. The van der Waals surface area contributed by atoms with Crippen LogP contribution in [0.4, 0.5) is 0 Å². The van der Waals surface area contributed by atoms with Crippen LogP contribution in [0.5, 0.6) is 0 Å². The second kappa shape index (κ2) is 8.94. The monoisotopic (exact) mass is 343 g/mol. The van der Waals surface area contributed by atoms with Crippen molar-refractivity contribution in [2.24, 2.45) is 5.92 Å². The van der Waals surface area contributed by atoms with Gasteiger partial charge in [0.15, 0.2) is 0 Å². The van der Waals surface area contributed by atoms with E-state index in [1.165, 1.54) is 6.08 Å². The Kier molecular flexibility index (Phi) is 6.65. The molecular formula is C19H21NO5. The maximum absolute atomic E-state index is 11.6. The number of amides is 2. The van der Waals surface area contributed by atoms with E-state index in [-0.39, 0.29) is 25.2 Å². The summed E-state index contributed by atoms with van der Waals surface area (Å²) in [4.78, 5) is 39.0. The van der Waals surface area contributed by atoms with E-state index in [1.807, 2.05) is 49.4 Å². The Morgan fingerprint density at radius 1 is 1.24 bits per heavy atom.